The second-order valence-electron chi connectivity index (χ2n) is 8.39. The van der Waals surface area contributed by atoms with Crippen molar-refractivity contribution in [2.45, 2.75) is 56.7 Å². The smallest absolute Gasteiger partial charge is 0.319 e. The fourth-order valence-corrected chi connectivity index (χ4v) is 4.22. The van der Waals surface area contributed by atoms with Crippen LogP contribution in [0.15, 0.2) is 24.3 Å². The third-order valence-corrected chi connectivity index (χ3v) is 5.86. The van der Waals surface area contributed by atoms with Crippen LogP contribution in [0.3, 0.4) is 0 Å². The summed E-state index contributed by atoms with van der Waals surface area (Å²) in [6.45, 7) is 1.35. The van der Waals surface area contributed by atoms with Crippen LogP contribution in [0.4, 0.5) is 14.9 Å². The first kappa shape index (κ1) is 24.4. The van der Waals surface area contributed by atoms with Crippen molar-refractivity contribution in [2.75, 3.05) is 25.0 Å². The molecule has 5 amide bonds. The van der Waals surface area contributed by atoms with Crippen molar-refractivity contribution in [1.29, 1.82) is 0 Å². The largest absolute Gasteiger partial charge is 0.370 e. The van der Waals surface area contributed by atoms with Crippen LogP contribution < -0.4 is 27.0 Å². The van der Waals surface area contributed by atoms with E-state index >= 15 is 0 Å². The topological polar surface area (TPSA) is 146 Å². The number of carbonyl (C=O) groups is 4. The van der Waals surface area contributed by atoms with Crippen LogP contribution in [0.2, 0.25) is 0 Å². The van der Waals surface area contributed by atoms with Gasteiger partial charge in [0.25, 0.3) is 0 Å². The van der Waals surface area contributed by atoms with E-state index in [1.54, 1.807) is 11.0 Å². The summed E-state index contributed by atoms with van der Waals surface area (Å²) in [6, 6.07) is 3.63. The number of halogens is 1. The summed E-state index contributed by atoms with van der Waals surface area (Å²) in [5.41, 5.74) is 5.45. The van der Waals surface area contributed by atoms with Gasteiger partial charge in [-0.3, -0.25) is 14.4 Å². The molecule has 0 spiro atoms. The first-order valence-corrected chi connectivity index (χ1v) is 11.3. The minimum Gasteiger partial charge on any atom is -0.370 e. The zero-order valence-electron chi connectivity index (χ0n) is 18.4. The van der Waals surface area contributed by atoms with Crippen LogP contribution in [0.1, 0.15) is 38.5 Å². The molecule has 0 bridgehead atoms. The van der Waals surface area contributed by atoms with Gasteiger partial charge in [-0.25, -0.2) is 9.18 Å². The highest BCUT2D eigenvalue weighted by atomic mass is 19.1. The van der Waals surface area contributed by atoms with Crippen molar-refractivity contribution in [3.05, 3.63) is 30.1 Å². The molecule has 2 aliphatic heterocycles. The SMILES string of the molecule is NC(=O)CCCNC(=O)[C@@H]1C[C@@H](NC(=O)Nc2cccc(F)c2)CCN1C(=O)[C@H]1CCCN1. The molecule has 180 valence electrons. The second-order valence-corrected chi connectivity index (χ2v) is 8.39. The average molecular weight is 463 g/mol. The number of likely N-dealkylation sites (tertiary alicyclic amines) is 1. The van der Waals surface area contributed by atoms with Crippen molar-refractivity contribution >= 4 is 29.4 Å². The Bertz CT molecular complexity index is 876. The van der Waals surface area contributed by atoms with E-state index in [0.29, 0.717) is 25.1 Å². The van der Waals surface area contributed by atoms with Crippen LogP contribution in [0.25, 0.3) is 0 Å². The van der Waals surface area contributed by atoms with Gasteiger partial charge in [0.1, 0.15) is 11.9 Å². The van der Waals surface area contributed by atoms with Crippen LogP contribution >= 0.6 is 0 Å². The summed E-state index contributed by atoms with van der Waals surface area (Å²) in [7, 11) is 0. The molecule has 11 heteroatoms. The summed E-state index contributed by atoms with van der Waals surface area (Å²) in [5, 5.41) is 11.3. The fraction of sp³-hybridized carbons (Fsp3) is 0.545. The second kappa shape index (κ2) is 11.6. The molecule has 0 radical (unpaired) electrons. The highest BCUT2D eigenvalue weighted by Crippen LogP contribution is 2.21. The lowest BCUT2D eigenvalue weighted by molar-refractivity contribution is -0.144. The minimum absolute atomic E-state index is 0.118. The van der Waals surface area contributed by atoms with Gasteiger partial charge in [-0.15, -0.1) is 0 Å². The zero-order valence-corrected chi connectivity index (χ0v) is 18.4. The summed E-state index contributed by atoms with van der Waals surface area (Å²) in [6.07, 6.45) is 2.92. The van der Waals surface area contributed by atoms with Gasteiger partial charge >= 0.3 is 6.03 Å². The Morgan fingerprint density at radius 2 is 2.03 bits per heavy atom. The Morgan fingerprint density at radius 3 is 2.73 bits per heavy atom. The lowest BCUT2D eigenvalue weighted by Gasteiger charge is -2.40. The molecule has 1 aromatic carbocycles. The van der Waals surface area contributed by atoms with E-state index in [0.717, 1.165) is 19.4 Å². The van der Waals surface area contributed by atoms with Gasteiger partial charge in [0.05, 0.1) is 6.04 Å². The van der Waals surface area contributed by atoms with Crippen LogP contribution in [-0.4, -0.2) is 66.4 Å². The lowest BCUT2D eigenvalue weighted by Crippen LogP contribution is -2.60. The molecule has 33 heavy (non-hydrogen) atoms. The first-order chi connectivity index (χ1) is 15.8. The van der Waals surface area contributed by atoms with Gasteiger partial charge in [-0.2, -0.15) is 0 Å². The third kappa shape index (κ3) is 7.14. The van der Waals surface area contributed by atoms with Gasteiger partial charge < -0.3 is 31.9 Å². The number of rotatable bonds is 8. The molecule has 3 rings (SSSR count). The van der Waals surface area contributed by atoms with Gasteiger partial charge in [0.15, 0.2) is 0 Å². The highest BCUT2D eigenvalue weighted by Gasteiger charge is 2.39. The van der Waals surface area contributed by atoms with E-state index in [9.17, 15) is 23.6 Å². The quantitative estimate of drug-likeness (QED) is 0.356. The molecule has 2 heterocycles. The molecule has 6 N–H and O–H groups in total. The van der Waals surface area contributed by atoms with Crippen molar-refractivity contribution in [2.24, 2.45) is 5.73 Å². The van der Waals surface area contributed by atoms with Crippen LogP contribution in [0.5, 0.6) is 0 Å². The van der Waals surface area contributed by atoms with Crippen molar-refractivity contribution in [3.63, 3.8) is 0 Å². The maximum Gasteiger partial charge on any atom is 0.319 e. The van der Waals surface area contributed by atoms with E-state index in [2.05, 4.69) is 21.3 Å². The predicted molar refractivity (Wildman–Crippen MR) is 120 cm³/mol. The normalized spacial score (nSPS) is 22.5. The molecule has 0 aliphatic carbocycles. The van der Waals surface area contributed by atoms with Gasteiger partial charge in [-0.1, -0.05) is 6.07 Å². The number of anilines is 1. The third-order valence-electron chi connectivity index (χ3n) is 5.86. The van der Waals surface area contributed by atoms with Crippen molar-refractivity contribution in [1.82, 2.24) is 20.9 Å². The molecule has 2 fully saturated rings. The molecule has 3 atom stereocenters. The molecule has 2 saturated heterocycles. The summed E-state index contributed by atoms with van der Waals surface area (Å²) in [5.74, 6) is -1.36. The predicted octanol–water partition coefficient (Wildman–Crippen LogP) is 0.441. The van der Waals surface area contributed by atoms with Gasteiger partial charge in [0, 0.05) is 31.2 Å². The summed E-state index contributed by atoms with van der Waals surface area (Å²) in [4.78, 5) is 50.8. The number of hydrogen-bond donors (Lipinski definition) is 5. The molecular weight excluding hydrogens is 431 g/mol. The zero-order chi connectivity index (χ0) is 23.8. The molecule has 0 unspecified atom stereocenters. The van der Waals surface area contributed by atoms with E-state index in [1.807, 2.05) is 0 Å². The van der Waals surface area contributed by atoms with Crippen molar-refractivity contribution in [3.8, 4) is 0 Å². The molecular formula is C22H31FN6O4. The molecule has 1 aromatic rings. The lowest BCUT2D eigenvalue weighted by atomic mass is 9.95. The Balaban J connectivity index is 1.61. The minimum atomic E-state index is -0.748. The molecule has 2 aliphatic rings. The number of primary amides is 1. The number of urea groups is 1. The fourth-order valence-electron chi connectivity index (χ4n) is 4.22. The number of nitrogens with one attached hydrogen (secondary N) is 4. The Kier molecular flexibility index (Phi) is 8.58. The van der Waals surface area contributed by atoms with E-state index in [4.69, 9.17) is 5.73 Å². The number of amides is 5. The van der Waals surface area contributed by atoms with E-state index in [-0.39, 0.29) is 43.3 Å². The molecule has 10 nitrogen and oxygen atoms in total. The maximum absolute atomic E-state index is 13.4. The number of piperidine rings is 1. The monoisotopic (exact) mass is 462 g/mol. The van der Waals surface area contributed by atoms with Gasteiger partial charge in [0.2, 0.25) is 17.7 Å². The van der Waals surface area contributed by atoms with E-state index < -0.39 is 23.8 Å². The number of hydrogen-bond acceptors (Lipinski definition) is 5. The number of benzene rings is 1. The maximum atomic E-state index is 13.4. The van der Waals surface area contributed by atoms with Crippen LogP contribution in [0, 0.1) is 5.82 Å². The van der Waals surface area contributed by atoms with Gasteiger partial charge in [-0.05, 0) is 56.8 Å². The Labute approximate surface area is 191 Å². The summed E-state index contributed by atoms with van der Waals surface area (Å²) < 4.78 is 13.4. The van der Waals surface area contributed by atoms with E-state index in [1.165, 1.54) is 18.2 Å². The molecule has 0 aromatic heterocycles. The highest BCUT2D eigenvalue weighted by molar-refractivity contribution is 5.91. The van der Waals surface area contributed by atoms with Crippen LogP contribution in [-0.2, 0) is 14.4 Å². The van der Waals surface area contributed by atoms with Crippen molar-refractivity contribution < 1.29 is 23.6 Å². The Morgan fingerprint density at radius 1 is 1.21 bits per heavy atom. The molecule has 0 saturated carbocycles. The average Bonchev–Trinajstić information content (AvgIpc) is 3.31. The number of nitrogens with zero attached hydrogens (tertiary/aromatic N) is 1. The summed E-state index contributed by atoms with van der Waals surface area (Å²) >= 11 is 0. The Hall–Kier alpha value is -3.21. The number of nitrogens with two attached hydrogens (primary N) is 1. The standard InChI is InChI=1S/C22H31FN6O4/c23-14-4-1-5-15(12-14)27-22(33)28-16-8-11-29(21(32)17-6-2-9-25-17)18(13-16)20(31)26-10-3-7-19(24)30/h1,4-5,12,16-18,25H,2-3,6-11,13H2,(H2,24,30)(H,26,31)(H2,27,28,33)/t16-,17+,18-/m0/s1. The number of carbonyl (C=O) groups excluding carboxylic acids is 4. The first-order valence-electron chi connectivity index (χ1n) is 11.3.